The van der Waals surface area contributed by atoms with E-state index in [1.165, 1.54) is 11.1 Å². The SMILES string of the molecule is CN=C(NCCc1ccc2c(c1)CCO2)NCc1cccc(NC(=O)Cn2cccn2)c1. The van der Waals surface area contributed by atoms with Gasteiger partial charge in [0, 0.05) is 44.6 Å². The van der Waals surface area contributed by atoms with E-state index in [2.05, 4.69) is 44.2 Å². The zero-order valence-electron chi connectivity index (χ0n) is 18.2. The van der Waals surface area contributed by atoms with Gasteiger partial charge in [-0.3, -0.25) is 14.5 Å². The molecule has 2 heterocycles. The third-order valence-electron chi connectivity index (χ3n) is 5.22. The highest BCUT2D eigenvalue weighted by molar-refractivity contribution is 5.90. The first-order valence-electron chi connectivity index (χ1n) is 10.7. The Balaban J connectivity index is 1.23. The van der Waals surface area contributed by atoms with Gasteiger partial charge in [0.2, 0.25) is 5.91 Å². The molecule has 0 saturated carbocycles. The number of carbonyl (C=O) groups excluding carboxylic acids is 1. The van der Waals surface area contributed by atoms with Crippen LogP contribution < -0.4 is 20.7 Å². The van der Waals surface area contributed by atoms with Crippen LogP contribution in [0.3, 0.4) is 0 Å². The molecule has 1 aliphatic rings. The van der Waals surface area contributed by atoms with Gasteiger partial charge in [-0.1, -0.05) is 24.3 Å². The predicted octanol–water partition coefficient (Wildman–Crippen LogP) is 2.36. The third kappa shape index (κ3) is 5.87. The lowest BCUT2D eigenvalue weighted by molar-refractivity contribution is -0.116. The summed E-state index contributed by atoms with van der Waals surface area (Å²) < 4.78 is 7.16. The summed E-state index contributed by atoms with van der Waals surface area (Å²) in [6, 6.07) is 16.0. The van der Waals surface area contributed by atoms with Gasteiger partial charge in [0.1, 0.15) is 12.3 Å². The van der Waals surface area contributed by atoms with Gasteiger partial charge in [-0.05, 0) is 47.4 Å². The summed E-state index contributed by atoms with van der Waals surface area (Å²) in [5, 5.41) is 13.6. The largest absolute Gasteiger partial charge is 0.493 e. The van der Waals surface area contributed by atoms with Gasteiger partial charge < -0.3 is 20.7 Å². The smallest absolute Gasteiger partial charge is 0.246 e. The molecule has 0 bridgehead atoms. The zero-order chi connectivity index (χ0) is 22.2. The molecule has 0 saturated heterocycles. The molecule has 3 aromatic rings. The van der Waals surface area contributed by atoms with Gasteiger partial charge in [-0.25, -0.2) is 0 Å². The summed E-state index contributed by atoms with van der Waals surface area (Å²) in [6.07, 6.45) is 5.31. The van der Waals surface area contributed by atoms with Gasteiger partial charge in [0.15, 0.2) is 5.96 Å². The van der Waals surface area contributed by atoms with Crippen molar-refractivity contribution < 1.29 is 9.53 Å². The average molecular weight is 433 g/mol. The molecule has 32 heavy (non-hydrogen) atoms. The normalized spacial score (nSPS) is 12.7. The summed E-state index contributed by atoms with van der Waals surface area (Å²) >= 11 is 0. The summed E-state index contributed by atoms with van der Waals surface area (Å²) in [7, 11) is 1.76. The minimum atomic E-state index is -0.116. The molecular weight excluding hydrogens is 404 g/mol. The number of fused-ring (bicyclic) bond motifs is 1. The van der Waals surface area contributed by atoms with Gasteiger partial charge in [-0.2, -0.15) is 5.10 Å². The standard InChI is InChI=1S/C24H28N6O2/c1-25-24(26-11-8-18-6-7-22-20(14-18)9-13-32-22)27-16-19-4-2-5-21(15-19)29-23(31)17-30-12-3-10-28-30/h2-7,10,12,14-15H,8-9,11,13,16-17H2,1H3,(H,29,31)(H2,25,26,27). The van der Waals surface area contributed by atoms with Crippen molar-refractivity contribution in [2.24, 2.45) is 4.99 Å². The minimum absolute atomic E-state index is 0.116. The Bertz CT molecular complexity index is 1080. The Morgan fingerprint density at radius 1 is 1.16 bits per heavy atom. The fourth-order valence-electron chi connectivity index (χ4n) is 3.63. The number of hydrogen-bond acceptors (Lipinski definition) is 4. The van der Waals surface area contributed by atoms with E-state index in [0.29, 0.717) is 6.54 Å². The predicted molar refractivity (Wildman–Crippen MR) is 125 cm³/mol. The van der Waals surface area contributed by atoms with Crippen LogP contribution in [0, 0.1) is 0 Å². The van der Waals surface area contributed by atoms with Crippen molar-refractivity contribution in [3.8, 4) is 5.75 Å². The van der Waals surface area contributed by atoms with Gasteiger partial charge in [-0.15, -0.1) is 0 Å². The number of hydrogen-bond donors (Lipinski definition) is 3. The number of benzene rings is 2. The van der Waals surface area contributed by atoms with Crippen LogP contribution in [0.25, 0.3) is 0 Å². The third-order valence-corrected chi connectivity index (χ3v) is 5.22. The van der Waals surface area contributed by atoms with E-state index in [9.17, 15) is 4.79 Å². The molecule has 4 rings (SSSR count). The topological polar surface area (TPSA) is 92.6 Å². The van der Waals surface area contributed by atoms with Crippen molar-refractivity contribution in [3.63, 3.8) is 0 Å². The van der Waals surface area contributed by atoms with Crippen LogP contribution in [0.15, 0.2) is 65.9 Å². The number of rotatable bonds is 8. The van der Waals surface area contributed by atoms with Crippen molar-refractivity contribution in [1.29, 1.82) is 0 Å². The number of nitrogens with zero attached hydrogens (tertiary/aromatic N) is 3. The van der Waals surface area contributed by atoms with Crippen LogP contribution >= 0.6 is 0 Å². The number of amides is 1. The van der Waals surface area contributed by atoms with Crippen molar-refractivity contribution in [3.05, 3.63) is 77.6 Å². The molecule has 0 aliphatic carbocycles. The van der Waals surface area contributed by atoms with Crippen molar-refractivity contribution >= 4 is 17.6 Å². The van der Waals surface area contributed by atoms with E-state index >= 15 is 0 Å². The monoisotopic (exact) mass is 432 g/mol. The van der Waals surface area contributed by atoms with Gasteiger partial charge >= 0.3 is 0 Å². The first kappa shape index (κ1) is 21.4. The van der Waals surface area contributed by atoms with E-state index in [1.807, 2.05) is 24.3 Å². The Morgan fingerprint density at radius 3 is 2.94 bits per heavy atom. The second kappa shape index (κ2) is 10.5. The highest BCUT2D eigenvalue weighted by Crippen LogP contribution is 2.25. The van der Waals surface area contributed by atoms with E-state index in [1.54, 1.807) is 30.2 Å². The Kier molecular flexibility index (Phi) is 7.01. The first-order chi connectivity index (χ1) is 15.7. The Morgan fingerprint density at radius 2 is 2.09 bits per heavy atom. The second-order valence-corrected chi connectivity index (χ2v) is 7.60. The second-order valence-electron chi connectivity index (χ2n) is 7.60. The average Bonchev–Trinajstić information content (AvgIpc) is 3.48. The maximum absolute atomic E-state index is 12.2. The maximum atomic E-state index is 12.2. The van der Waals surface area contributed by atoms with Crippen molar-refractivity contribution in [1.82, 2.24) is 20.4 Å². The van der Waals surface area contributed by atoms with Crippen LogP contribution in [0.4, 0.5) is 5.69 Å². The lowest BCUT2D eigenvalue weighted by Gasteiger charge is -2.13. The molecule has 0 spiro atoms. The highest BCUT2D eigenvalue weighted by atomic mass is 16.5. The number of guanidine groups is 1. The summed E-state index contributed by atoms with van der Waals surface area (Å²) in [6.45, 7) is 2.34. The molecule has 1 amide bonds. The Labute approximate surface area is 187 Å². The molecule has 0 atom stereocenters. The lowest BCUT2D eigenvalue weighted by Crippen LogP contribution is -2.37. The quantitative estimate of drug-likeness (QED) is 0.375. The molecular formula is C24H28N6O2. The maximum Gasteiger partial charge on any atom is 0.246 e. The number of anilines is 1. The van der Waals surface area contributed by atoms with Gasteiger partial charge in [0.05, 0.1) is 6.61 Å². The number of nitrogens with one attached hydrogen (secondary N) is 3. The van der Waals surface area contributed by atoms with Gasteiger partial charge in [0.25, 0.3) is 0 Å². The molecule has 166 valence electrons. The summed E-state index contributed by atoms with van der Waals surface area (Å²) in [5.74, 6) is 1.64. The molecule has 8 nitrogen and oxygen atoms in total. The number of carbonyl (C=O) groups is 1. The molecule has 1 aromatic heterocycles. The summed E-state index contributed by atoms with van der Waals surface area (Å²) in [4.78, 5) is 16.5. The highest BCUT2D eigenvalue weighted by Gasteiger charge is 2.12. The van der Waals surface area contributed by atoms with Crippen molar-refractivity contribution in [2.75, 3.05) is 25.5 Å². The molecule has 1 aliphatic heterocycles. The molecule has 0 unspecified atom stereocenters. The van der Waals surface area contributed by atoms with E-state index in [4.69, 9.17) is 4.74 Å². The van der Waals surface area contributed by atoms with Crippen LogP contribution in [-0.4, -0.2) is 41.8 Å². The zero-order valence-corrected chi connectivity index (χ0v) is 18.2. The molecule has 3 N–H and O–H groups in total. The van der Waals surface area contributed by atoms with Crippen LogP contribution in [-0.2, 0) is 30.7 Å². The lowest BCUT2D eigenvalue weighted by atomic mass is 10.1. The number of ether oxygens (including phenoxy) is 1. The fraction of sp³-hybridized carbons (Fsp3) is 0.292. The number of aromatic nitrogens is 2. The van der Waals surface area contributed by atoms with E-state index in [0.717, 1.165) is 49.0 Å². The summed E-state index contributed by atoms with van der Waals surface area (Å²) in [5.41, 5.74) is 4.38. The van der Waals surface area contributed by atoms with Crippen LogP contribution in [0.5, 0.6) is 5.75 Å². The minimum Gasteiger partial charge on any atom is -0.493 e. The van der Waals surface area contributed by atoms with E-state index in [-0.39, 0.29) is 12.5 Å². The van der Waals surface area contributed by atoms with Crippen LogP contribution in [0.2, 0.25) is 0 Å². The first-order valence-corrected chi connectivity index (χ1v) is 10.7. The van der Waals surface area contributed by atoms with Crippen molar-refractivity contribution in [2.45, 2.75) is 25.9 Å². The van der Waals surface area contributed by atoms with E-state index < -0.39 is 0 Å². The molecule has 0 radical (unpaired) electrons. The van der Waals surface area contributed by atoms with Crippen LogP contribution in [0.1, 0.15) is 16.7 Å². The molecule has 8 heteroatoms. The fourth-order valence-corrected chi connectivity index (χ4v) is 3.63. The molecule has 2 aromatic carbocycles. The number of aliphatic imine (C=N–C) groups is 1. The Hall–Kier alpha value is -3.81. The molecule has 0 fully saturated rings.